The average Bonchev–Trinajstić information content (AvgIpc) is 2.98. The Morgan fingerprint density at radius 1 is 1.40 bits per heavy atom. The molecule has 2 heteroatoms. The molecule has 15 heavy (non-hydrogen) atoms. The minimum absolute atomic E-state index is 0.724. The Balaban J connectivity index is 1.79. The topological polar surface area (TPSA) is 15.3 Å². The van der Waals surface area contributed by atoms with Crippen LogP contribution in [0, 0.1) is 11.8 Å². The molecule has 2 rings (SSSR count). The zero-order valence-electron chi connectivity index (χ0n) is 10.5. The second-order valence-corrected chi connectivity index (χ2v) is 5.65. The second-order valence-electron chi connectivity index (χ2n) is 5.65. The Kier molecular flexibility index (Phi) is 3.68. The third-order valence-corrected chi connectivity index (χ3v) is 4.06. The average molecular weight is 210 g/mol. The molecule has 0 aromatic heterocycles. The van der Waals surface area contributed by atoms with Crippen LogP contribution in [-0.2, 0) is 0 Å². The molecule has 2 aliphatic rings. The number of hydrogen-bond donors (Lipinski definition) is 1. The molecule has 0 bridgehead atoms. The van der Waals surface area contributed by atoms with Crippen molar-refractivity contribution in [3.63, 3.8) is 0 Å². The zero-order valence-corrected chi connectivity index (χ0v) is 10.5. The molecule has 88 valence electrons. The predicted octanol–water partition coefficient (Wildman–Crippen LogP) is 2.10. The molecule has 0 spiro atoms. The summed E-state index contributed by atoms with van der Waals surface area (Å²) in [4.78, 5) is 2.74. The molecule has 0 radical (unpaired) electrons. The number of rotatable bonds is 4. The van der Waals surface area contributed by atoms with E-state index in [1.807, 2.05) is 0 Å². The van der Waals surface area contributed by atoms with E-state index in [1.54, 1.807) is 0 Å². The van der Waals surface area contributed by atoms with Crippen LogP contribution in [0.25, 0.3) is 0 Å². The summed E-state index contributed by atoms with van der Waals surface area (Å²) in [5, 5.41) is 3.64. The third-order valence-electron chi connectivity index (χ3n) is 4.06. The quantitative estimate of drug-likeness (QED) is 0.764. The van der Waals surface area contributed by atoms with E-state index in [0.29, 0.717) is 0 Å². The lowest BCUT2D eigenvalue weighted by atomic mass is 10.0. The number of nitrogens with zero attached hydrogens (tertiary/aromatic N) is 1. The fourth-order valence-electron chi connectivity index (χ4n) is 2.91. The van der Waals surface area contributed by atoms with Crippen molar-refractivity contribution in [3.8, 4) is 0 Å². The Labute approximate surface area is 94.4 Å². The lowest BCUT2D eigenvalue weighted by molar-refractivity contribution is 0.160. The van der Waals surface area contributed by atoms with E-state index in [-0.39, 0.29) is 0 Å². The minimum atomic E-state index is 0.724. The number of nitrogens with one attached hydrogen (secondary N) is 1. The minimum Gasteiger partial charge on any atom is -0.311 e. The maximum Gasteiger partial charge on any atom is 0.0218 e. The molecule has 3 atom stereocenters. The Morgan fingerprint density at radius 3 is 2.87 bits per heavy atom. The first-order valence-corrected chi connectivity index (χ1v) is 6.69. The van der Waals surface area contributed by atoms with Crippen molar-refractivity contribution < 1.29 is 0 Å². The van der Waals surface area contributed by atoms with Crippen molar-refractivity contribution in [2.24, 2.45) is 11.8 Å². The van der Waals surface area contributed by atoms with Crippen molar-refractivity contribution in [3.05, 3.63) is 0 Å². The van der Waals surface area contributed by atoms with Gasteiger partial charge >= 0.3 is 0 Å². The first-order chi connectivity index (χ1) is 7.22. The molecule has 3 unspecified atom stereocenters. The van der Waals surface area contributed by atoms with Crippen LogP contribution in [0.2, 0.25) is 0 Å². The van der Waals surface area contributed by atoms with Crippen LogP contribution >= 0.6 is 0 Å². The highest BCUT2D eigenvalue weighted by atomic mass is 15.2. The molecule has 0 aromatic rings. The fraction of sp³-hybridized carbons (Fsp3) is 1.00. The van der Waals surface area contributed by atoms with Gasteiger partial charge < -0.3 is 5.32 Å². The van der Waals surface area contributed by atoms with Crippen LogP contribution in [0.1, 0.15) is 40.0 Å². The van der Waals surface area contributed by atoms with Gasteiger partial charge in [0.25, 0.3) is 0 Å². The molecular weight excluding hydrogens is 184 g/mol. The van der Waals surface area contributed by atoms with Crippen LogP contribution < -0.4 is 5.32 Å². The highest BCUT2D eigenvalue weighted by Crippen LogP contribution is 2.39. The van der Waals surface area contributed by atoms with E-state index >= 15 is 0 Å². The van der Waals surface area contributed by atoms with Crippen LogP contribution in [0.15, 0.2) is 0 Å². The monoisotopic (exact) mass is 210 g/mol. The molecule has 1 aliphatic carbocycles. The summed E-state index contributed by atoms with van der Waals surface area (Å²) in [5.41, 5.74) is 0. The van der Waals surface area contributed by atoms with Gasteiger partial charge in [0.2, 0.25) is 0 Å². The third kappa shape index (κ3) is 2.73. The van der Waals surface area contributed by atoms with Crippen LogP contribution in [-0.4, -0.2) is 36.6 Å². The van der Waals surface area contributed by atoms with E-state index in [1.165, 1.54) is 38.9 Å². The molecule has 1 saturated heterocycles. The van der Waals surface area contributed by atoms with Gasteiger partial charge in [-0.1, -0.05) is 27.2 Å². The second kappa shape index (κ2) is 4.84. The maximum atomic E-state index is 3.64. The van der Waals surface area contributed by atoms with E-state index in [0.717, 1.165) is 23.9 Å². The lowest BCUT2D eigenvalue weighted by Gasteiger charge is -2.36. The van der Waals surface area contributed by atoms with Gasteiger partial charge in [0, 0.05) is 31.7 Å². The highest BCUT2D eigenvalue weighted by molar-refractivity contribution is 4.97. The molecule has 0 amide bonds. The SMILES string of the molecule is CCCC1CC1N1CCNC(C(C)C)C1. The van der Waals surface area contributed by atoms with Crippen LogP contribution in [0.4, 0.5) is 0 Å². The molecule has 1 saturated carbocycles. The first kappa shape index (κ1) is 11.4. The van der Waals surface area contributed by atoms with Crippen molar-refractivity contribution >= 4 is 0 Å². The number of piperazine rings is 1. The van der Waals surface area contributed by atoms with E-state index < -0.39 is 0 Å². The van der Waals surface area contributed by atoms with E-state index in [2.05, 4.69) is 31.0 Å². The molecule has 1 aliphatic heterocycles. The zero-order chi connectivity index (χ0) is 10.8. The van der Waals surface area contributed by atoms with Gasteiger partial charge in [-0.25, -0.2) is 0 Å². The van der Waals surface area contributed by atoms with E-state index in [4.69, 9.17) is 0 Å². The van der Waals surface area contributed by atoms with Gasteiger partial charge in [0.15, 0.2) is 0 Å². The van der Waals surface area contributed by atoms with Crippen molar-refractivity contribution in [2.75, 3.05) is 19.6 Å². The van der Waals surface area contributed by atoms with Crippen LogP contribution in [0.5, 0.6) is 0 Å². The molecular formula is C13H26N2. The molecule has 2 nitrogen and oxygen atoms in total. The Hall–Kier alpha value is -0.0800. The van der Waals surface area contributed by atoms with Gasteiger partial charge in [0.1, 0.15) is 0 Å². The van der Waals surface area contributed by atoms with Gasteiger partial charge in [-0.3, -0.25) is 4.90 Å². The Bertz CT molecular complexity index is 203. The standard InChI is InChI=1S/C13H26N2/c1-4-5-11-8-13(11)15-7-6-14-12(9-15)10(2)3/h10-14H,4-9H2,1-3H3. The lowest BCUT2D eigenvalue weighted by Crippen LogP contribution is -2.53. The van der Waals surface area contributed by atoms with Crippen molar-refractivity contribution in [1.82, 2.24) is 10.2 Å². The smallest absolute Gasteiger partial charge is 0.0218 e. The predicted molar refractivity (Wildman–Crippen MR) is 65.0 cm³/mol. The maximum absolute atomic E-state index is 3.64. The van der Waals surface area contributed by atoms with Crippen molar-refractivity contribution in [2.45, 2.75) is 52.1 Å². The van der Waals surface area contributed by atoms with E-state index in [9.17, 15) is 0 Å². The van der Waals surface area contributed by atoms with Crippen LogP contribution in [0.3, 0.4) is 0 Å². The summed E-state index contributed by atoms with van der Waals surface area (Å²) in [6.07, 6.45) is 4.28. The van der Waals surface area contributed by atoms with Gasteiger partial charge in [-0.15, -0.1) is 0 Å². The fourth-order valence-corrected chi connectivity index (χ4v) is 2.91. The summed E-state index contributed by atoms with van der Waals surface area (Å²) < 4.78 is 0. The largest absolute Gasteiger partial charge is 0.311 e. The molecule has 0 aromatic carbocycles. The summed E-state index contributed by atoms with van der Waals surface area (Å²) >= 11 is 0. The molecule has 2 fully saturated rings. The van der Waals surface area contributed by atoms with Gasteiger partial charge in [0.05, 0.1) is 0 Å². The number of hydrogen-bond acceptors (Lipinski definition) is 2. The summed E-state index contributed by atoms with van der Waals surface area (Å²) in [6.45, 7) is 10.7. The highest BCUT2D eigenvalue weighted by Gasteiger charge is 2.42. The molecule has 1 N–H and O–H groups in total. The normalized spacial score (nSPS) is 37.2. The summed E-state index contributed by atoms with van der Waals surface area (Å²) in [5.74, 6) is 1.80. The van der Waals surface area contributed by atoms with Crippen molar-refractivity contribution in [1.29, 1.82) is 0 Å². The first-order valence-electron chi connectivity index (χ1n) is 6.69. The summed E-state index contributed by atoms with van der Waals surface area (Å²) in [7, 11) is 0. The van der Waals surface area contributed by atoms with Gasteiger partial charge in [-0.05, 0) is 24.7 Å². The van der Waals surface area contributed by atoms with Gasteiger partial charge in [-0.2, -0.15) is 0 Å². The Morgan fingerprint density at radius 2 is 2.20 bits per heavy atom. The molecule has 1 heterocycles. The summed E-state index contributed by atoms with van der Waals surface area (Å²) in [6, 6.07) is 1.66.